The Balaban J connectivity index is 1.08. The number of benzene rings is 10. The fourth-order valence-corrected chi connectivity index (χ4v) is 9.23. The highest BCUT2D eigenvalue weighted by Gasteiger charge is 2.22. The number of fused-ring (bicyclic) bond motifs is 9. The molecule has 0 bridgehead atoms. The van der Waals surface area contributed by atoms with Gasteiger partial charge in [0.25, 0.3) is 0 Å². The van der Waals surface area contributed by atoms with E-state index in [0.717, 1.165) is 55.8 Å². The Labute approximate surface area is 341 Å². The average Bonchev–Trinajstić information content (AvgIpc) is 3.86. The molecule has 276 valence electrons. The minimum absolute atomic E-state index is 0.852. The van der Waals surface area contributed by atoms with Gasteiger partial charge in [0.2, 0.25) is 0 Å². The molecule has 0 atom stereocenters. The first kappa shape index (κ1) is 33.3. The third kappa shape index (κ3) is 5.36. The van der Waals surface area contributed by atoms with E-state index in [4.69, 9.17) is 4.42 Å². The molecule has 0 N–H and O–H groups in total. The molecule has 0 fully saturated rings. The molecule has 0 aliphatic rings. The Bertz CT molecular complexity index is 3540. The molecule has 0 spiro atoms. The lowest BCUT2D eigenvalue weighted by molar-refractivity contribution is 0.669. The molecular weight excluding hydrogens is 717 g/mol. The number of anilines is 3. The molecule has 0 aliphatic carbocycles. The van der Waals surface area contributed by atoms with E-state index in [0.29, 0.717) is 0 Å². The summed E-state index contributed by atoms with van der Waals surface area (Å²) in [5.41, 5.74) is 13.0. The van der Waals surface area contributed by atoms with E-state index in [1.54, 1.807) is 0 Å². The first-order valence-electron chi connectivity index (χ1n) is 20.2. The van der Waals surface area contributed by atoms with Crippen molar-refractivity contribution >= 4 is 82.4 Å². The lowest BCUT2D eigenvalue weighted by atomic mass is 9.94. The Kier molecular flexibility index (Phi) is 7.54. The van der Waals surface area contributed by atoms with Gasteiger partial charge in [-0.3, -0.25) is 0 Å². The van der Waals surface area contributed by atoms with Gasteiger partial charge >= 0.3 is 0 Å². The Morgan fingerprint density at radius 1 is 0.373 bits per heavy atom. The SMILES string of the molecule is c1ccc(-c2ccc(N(c3ccc4ccccc4c3)c3cccc4c3oc3cc(-c5ccc6c7ccccc7n(-c7ccccc7)c6c5)c5ccccc5c34)cc2)cc1. The highest BCUT2D eigenvalue weighted by atomic mass is 16.3. The van der Waals surface area contributed by atoms with E-state index in [2.05, 4.69) is 228 Å². The van der Waals surface area contributed by atoms with Gasteiger partial charge in [0, 0.05) is 38.6 Å². The molecule has 0 saturated heterocycles. The molecule has 3 nitrogen and oxygen atoms in total. The van der Waals surface area contributed by atoms with Crippen LogP contribution in [0.1, 0.15) is 0 Å². The summed E-state index contributed by atoms with van der Waals surface area (Å²) in [5, 5.41) is 9.45. The molecule has 0 unspecified atom stereocenters. The number of aromatic nitrogens is 1. The number of furan rings is 1. The van der Waals surface area contributed by atoms with Crippen LogP contribution < -0.4 is 4.90 Å². The second-order valence-corrected chi connectivity index (χ2v) is 15.3. The van der Waals surface area contributed by atoms with Crippen molar-refractivity contribution in [2.45, 2.75) is 0 Å². The van der Waals surface area contributed by atoms with E-state index in [9.17, 15) is 0 Å². The van der Waals surface area contributed by atoms with Crippen LogP contribution in [-0.2, 0) is 0 Å². The van der Waals surface area contributed by atoms with Crippen molar-refractivity contribution in [3.63, 3.8) is 0 Å². The summed E-state index contributed by atoms with van der Waals surface area (Å²) in [6, 6.07) is 78.5. The zero-order valence-electron chi connectivity index (χ0n) is 32.1. The zero-order valence-corrected chi connectivity index (χ0v) is 32.1. The normalized spacial score (nSPS) is 11.7. The molecule has 0 amide bonds. The zero-order chi connectivity index (χ0) is 38.9. The second kappa shape index (κ2) is 13.4. The first-order chi connectivity index (χ1) is 29.3. The summed E-state index contributed by atoms with van der Waals surface area (Å²) in [6.07, 6.45) is 0. The van der Waals surface area contributed by atoms with Crippen molar-refractivity contribution < 1.29 is 4.42 Å². The number of nitrogens with zero attached hydrogens (tertiary/aromatic N) is 2. The van der Waals surface area contributed by atoms with E-state index in [1.165, 1.54) is 54.5 Å². The number of para-hydroxylation sites is 3. The summed E-state index contributed by atoms with van der Waals surface area (Å²) in [4.78, 5) is 2.34. The molecule has 12 aromatic rings. The summed E-state index contributed by atoms with van der Waals surface area (Å²) in [5.74, 6) is 0. The molecule has 0 radical (unpaired) electrons. The predicted molar refractivity (Wildman–Crippen MR) is 249 cm³/mol. The monoisotopic (exact) mass is 752 g/mol. The lowest BCUT2D eigenvalue weighted by Gasteiger charge is -2.26. The summed E-state index contributed by atoms with van der Waals surface area (Å²) in [7, 11) is 0. The van der Waals surface area contributed by atoms with E-state index >= 15 is 0 Å². The lowest BCUT2D eigenvalue weighted by Crippen LogP contribution is -2.10. The third-order valence-corrected chi connectivity index (χ3v) is 11.9. The molecule has 10 aromatic carbocycles. The fraction of sp³-hybridized carbons (Fsp3) is 0. The van der Waals surface area contributed by atoms with Gasteiger partial charge in [-0.2, -0.15) is 0 Å². The maximum absolute atomic E-state index is 7.14. The van der Waals surface area contributed by atoms with Gasteiger partial charge in [0.1, 0.15) is 5.58 Å². The van der Waals surface area contributed by atoms with Gasteiger partial charge in [-0.25, -0.2) is 0 Å². The van der Waals surface area contributed by atoms with E-state index in [1.807, 2.05) is 0 Å². The van der Waals surface area contributed by atoms with Gasteiger partial charge in [0.05, 0.1) is 16.7 Å². The summed E-state index contributed by atoms with van der Waals surface area (Å²) < 4.78 is 9.53. The Morgan fingerprint density at radius 3 is 1.83 bits per heavy atom. The minimum atomic E-state index is 0.852. The first-order valence-corrected chi connectivity index (χ1v) is 20.2. The largest absolute Gasteiger partial charge is 0.454 e. The van der Waals surface area contributed by atoms with Gasteiger partial charge in [0.15, 0.2) is 5.58 Å². The molecule has 2 aromatic heterocycles. The molecule has 59 heavy (non-hydrogen) atoms. The van der Waals surface area contributed by atoms with Crippen LogP contribution in [0.5, 0.6) is 0 Å². The molecule has 2 heterocycles. The van der Waals surface area contributed by atoms with Gasteiger partial charge in [-0.15, -0.1) is 0 Å². The quantitative estimate of drug-likeness (QED) is 0.169. The van der Waals surface area contributed by atoms with Crippen molar-refractivity contribution in [3.8, 4) is 27.9 Å². The number of hydrogen-bond donors (Lipinski definition) is 0. The van der Waals surface area contributed by atoms with Crippen molar-refractivity contribution in [2.75, 3.05) is 4.90 Å². The van der Waals surface area contributed by atoms with E-state index in [-0.39, 0.29) is 0 Å². The molecule has 0 aliphatic heterocycles. The van der Waals surface area contributed by atoms with Crippen molar-refractivity contribution in [1.82, 2.24) is 4.57 Å². The topological polar surface area (TPSA) is 21.3 Å². The van der Waals surface area contributed by atoms with Crippen molar-refractivity contribution in [3.05, 3.63) is 218 Å². The van der Waals surface area contributed by atoms with Crippen LogP contribution in [0.4, 0.5) is 17.1 Å². The molecular formula is C56H36N2O. The molecule has 12 rings (SSSR count). The van der Waals surface area contributed by atoms with Crippen LogP contribution in [0.2, 0.25) is 0 Å². The second-order valence-electron chi connectivity index (χ2n) is 15.3. The highest BCUT2D eigenvalue weighted by Crippen LogP contribution is 2.47. The third-order valence-electron chi connectivity index (χ3n) is 11.9. The van der Waals surface area contributed by atoms with Crippen LogP contribution in [0, 0.1) is 0 Å². The average molecular weight is 753 g/mol. The Morgan fingerprint density at radius 2 is 1.00 bits per heavy atom. The van der Waals surface area contributed by atoms with Crippen LogP contribution in [0.3, 0.4) is 0 Å². The van der Waals surface area contributed by atoms with Crippen molar-refractivity contribution in [1.29, 1.82) is 0 Å². The van der Waals surface area contributed by atoms with Gasteiger partial charge in [-0.1, -0.05) is 158 Å². The van der Waals surface area contributed by atoms with Crippen LogP contribution in [0.25, 0.3) is 93.2 Å². The standard InChI is InChI=1S/C56H36N2O/c1-3-14-37(15-4-1)39-26-30-43(31-27-39)57(44-32-28-38-16-7-8-17-40(38)34-44)52-25-13-23-49-55-48-22-10-9-20-45(48)50(36-54(55)59-56(49)52)41-29-33-47-46-21-11-12-24-51(46)58(53(47)35-41)42-18-5-2-6-19-42/h1-36H. The smallest absolute Gasteiger partial charge is 0.159 e. The van der Waals surface area contributed by atoms with Crippen LogP contribution in [0.15, 0.2) is 223 Å². The minimum Gasteiger partial charge on any atom is -0.454 e. The maximum atomic E-state index is 7.14. The maximum Gasteiger partial charge on any atom is 0.159 e. The predicted octanol–water partition coefficient (Wildman–Crippen LogP) is 15.8. The number of rotatable bonds is 6. The summed E-state index contributed by atoms with van der Waals surface area (Å²) in [6.45, 7) is 0. The van der Waals surface area contributed by atoms with Crippen molar-refractivity contribution in [2.24, 2.45) is 0 Å². The van der Waals surface area contributed by atoms with Crippen LogP contribution in [-0.4, -0.2) is 4.57 Å². The molecule has 3 heteroatoms. The van der Waals surface area contributed by atoms with Gasteiger partial charge in [-0.05, 0) is 104 Å². The fourth-order valence-electron chi connectivity index (χ4n) is 9.23. The Hall–Kier alpha value is -7.88. The van der Waals surface area contributed by atoms with Gasteiger partial charge < -0.3 is 13.9 Å². The molecule has 0 saturated carbocycles. The van der Waals surface area contributed by atoms with E-state index < -0.39 is 0 Å². The van der Waals surface area contributed by atoms with Crippen LogP contribution >= 0.6 is 0 Å². The highest BCUT2D eigenvalue weighted by molar-refractivity contribution is 6.24. The number of hydrogen-bond acceptors (Lipinski definition) is 2. The summed E-state index contributed by atoms with van der Waals surface area (Å²) >= 11 is 0.